The summed E-state index contributed by atoms with van der Waals surface area (Å²) >= 11 is 1.36. The fourth-order valence-corrected chi connectivity index (χ4v) is 6.49. The number of aromatic nitrogens is 1. The van der Waals surface area contributed by atoms with Crippen LogP contribution in [0.4, 0.5) is 5.13 Å². The highest BCUT2D eigenvalue weighted by Crippen LogP contribution is 2.45. The van der Waals surface area contributed by atoms with Crippen LogP contribution < -0.4 is 14.4 Å². The van der Waals surface area contributed by atoms with Crippen molar-refractivity contribution in [3.8, 4) is 11.5 Å². The van der Waals surface area contributed by atoms with Crippen molar-refractivity contribution in [2.45, 2.75) is 46.1 Å². The van der Waals surface area contributed by atoms with Gasteiger partial charge in [0.05, 0.1) is 21.8 Å². The van der Waals surface area contributed by atoms with E-state index >= 15 is 0 Å². The molecule has 4 aromatic rings. The van der Waals surface area contributed by atoms with Crippen molar-refractivity contribution in [3.63, 3.8) is 0 Å². The molecular formula is C32H30N2O5S. The molecule has 1 atom stereocenters. The largest absolute Gasteiger partial charge is 0.507 e. The molecule has 204 valence electrons. The molecule has 0 spiro atoms. The van der Waals surface area contributed by atoms with Crippen LogP contribution in [0.1, 0.15) is 54.6 Å². The first kappa shape index (κ1) is 26.1. The highest BCUT2D eigenvalue weighted by molar-refractivity contribution is 7.22. The van der Waals surface area contributed by atoms with Gasteiger partial charge in [0.2, 0.25) is 0 Å². The Morgan fingerprint density at radius 1 is 0.975 bits per heavy atom. The van der Waals surface area contributed by atoms with E-state index in [1.165, 1.54) is 16.2 Å². The number of nitrogens with zero attached hydrogens (tertiary/aromatic N) is 2. The van der Waals surface area contributed by atoms with Gasteiger partial charge in [0.25, 0.3) is 5.78 Å². The van der Waals surface area contributed by atoms with Crippen LogP contribution in [0.25, 0.3) is 16.0 Å². The van der Waals surface area contributed by atoms with E-state index in [2.05, 4.69) is 20.8 Å². The number of Topliss-reactive ketones (excluding diaryl/α,β-unsaturated/α-hetero) is 1. The summed E-state index contributed by atoms with van der Waals surface area (Å²) in [4.78, 5) is 33.6. The van der Waals surface area contributed by atoms with Gasteiger partial charge in [0.15, 0.2) is 16.6 Å². The van der Waals surface area contributed by atoms with Gasteiger partial charge >= 0.3 is 5.91 Å². The second kappa shape index (κ2) is 9.48. The Kier molecular flexibility index (Phi) is 6.18. The summed E-state index contributed by atoms with van der Waals surface area (Å²) in [7, 11) is 0. The summed E-state index contributed by atoms with van der Waals surface area (Å²) < 4.78 is 12.2. The predicted molar refractivity (Wildman–Crippen MR) is 156 cm³/mol. The average molecular weight is 555 g/mol. The summed E-state index contributed by atoms with van der Waals surface area (Å²) in [5.41, 5.74) is 5.01. The molecule has 2 aliphatic heterocycles. The molecular weight excluding hydrogens is 524 g/mol. The van der Waals surface area contributed by atoms with Crippen molar-refractivity contribution in [2.24, 2.45) is 0 Å². The minimum Gasteiger partial charge on any atom is -0.507 e. The Hall–Kier alpha value is -4.17. The lowest BCUT2D eigenvalue weighted by atomic mass is 9.85. The van der Waals surface area contributed by atoms with Crippen molar-refractivity contribution < 1.29 is 24.2 Å². The van der Waals surface area contributed by atoms with E-state index in [1.807, 2.05) is 50.2 Å². The minimum absolute atomic E-state index is 0.0114. The van der Waals surface area contributed by atoms with E-state index in [0.717, 1.165) is 26.9 Å². The molecule has 0 saturated carbocycles. The third-order valence-electron chi connectivity index (χ3n) is 7.38. The first-order valence-corrected chi connectivity index (χ1v) is 14.0. The number of aryl methyl sites for hydroxylation is 2. The third-order valence-corrected chi connectivity index (χ3v) is 8.38. The molecule has 1 amide bonds. The highest BCUT2D eigenvalue weighted by atomic mass is 32.1. The van der Waals surface area contributed by atoms with E-state index in [4.69, 9.17) is 14.5 Å². The van der Waals surface area contributed by atoms with Gasteiger partial charge in [0, 0.05) is 5.56 Å². The quantitative estimate of drug-likeness (QED) is 0.174. The minimum atomic E-state index is -0.857. The lowest BCUT2D eigenvalue weighted by molar-refractivity contribution is -0.132. The summed E-state index contributed by atoms with van der Waals surface area (Å²) in [6.07, 6.45) is 0. The number of hydrogen-bond acceptors (Lipinski definition) is 7. The zero-order chi connectivity index (χ0) is 28.3. The highest BCUT2D eigenvalue weighted by Gasteiger charge is 2.48. The number of anilines is 1. The fourth-order valence-electron chi connectivity index (χ4n) is 5.32. The second-order valence-corrected chi connectivity index (χ2v) is 12.3. The second-order valence-electron chi connectivity index (χ2n) is 11.3. The molecule has 3 aromatic carbocycles. The Morgan fingerprint density at radius 2 is 1.68 bits per heavy atom. The van der Waals surface area contributed by atoms with Crippen LogP contribution in [0.5, 0.6) is 11.5 Å². The van der Waals surface area contributed by atoms with Gasteiger partial charge in [-0.05, 0) is 65.8 Å². The Morgan fingerprint density at radius 3 is 2.38 bits per heavy atom. The lowest BCUT2D eigenvalue weighted by Crippen LogP contribution is -2.29. The first-order chi connectivity index (χ1) is 19.0. The Balaban J connectivity index is 1.54. The number of rotatable bonds is 3. The normalized spacial score (nSPS) is 18.5. The van der Waals surface area contributed by atoms with E-state index in [0.29, 0.717) is 41.0 Å². The number of benzene rings is 3. The maximum Gasteiger partial charge on any atom is 0.301 e. The van der Waals surface area contributed by atoms with Crippen molar-refractivity contribution in [3.05, 3.63) is 88.0 Å². The van der Waals surface area contributed by atoms with E-state index in [9.17, 15) is 14.7 Å². The van der Waals surface area contributed by atoms with Gasteiger partial charge in [-0.2, -0.15) is 0 Å². The van der Waals surface area contributed by atoms with Gasteiger partial charge in [0.1, 0.15) is 19.0 Å². The number of aliphatic hydroxyl groups is 1. The number of aliphatic hydroxyl groups excluding tert-OH is 1. The number of thiazole rings is 1. The maximum absolute atomic E-state index is 13.7. The number of ketones is 1. The molecule has 0 radical (unpaired) electrons. The molecule has 0 aliphatic carbocycles. The van der Waals surface area contributed by atoms with Crippen LogP contribution >= 0.6 is 11.3 Å². The molecule has 0 bridgehead atoms. The summed E-state index contributed by atoms with van der Waals surface area (Å²) in [6, 6.07) is 16.1. The summed E-state index contributed by atoms with van der Waals surface area (Å²) in [5, 5.41) is 12.0. The number of ether oxygens (including phenoxy) is 2. The fraction of sp³-hybridized carbons (Fsp3) is 0.281. The summed E-state index contributed by atoms with van der Waals surface area (Å²) in [5.74, 6) is -0.705. The number of fused-ring (bicyclic) bond motifs is 2. The van der Waals surface area contributed by atoms with E-state index in [1.54, 1.807) is 18.2 Å². The third kappa shape index (κ3) is 4.32. The van der Waals surface area contributed by atoms with Crippen LogP contribution in [0.2, 0.25) is 0 Å². The first-order valence-electron chi connectivity index (χ1n) is 13.2. The zero-order valence-corrected chi connectivity index (χ0v) is 23.9. The average Bonchev–Trinajstić information content (AvgIpc) is 3.46. The number of hydrogen-bond donors (Lipinski definition) is 1. The topological polar surface area (TPSA) is 89.0 Å². The molecule has 1 saturated heterocycles. The molecule has 0 unspecified atom stereocenters. The van der Waals surface area contributed by atoms with Gasteiger partial charge < -0.3 is 14.6 Å². The van der Waals surface area contributed by atoms with Gasteiger partial charge in [-0.15, -0.1) is 0 Å². The molecule has 8 heteroatoms. The molecule has 40 heavy (non-hydrogen) atoms. The standard InChI is InChI=1S/C32H30N2O5S/c1-17-14-18(2)26-24(15-17)40-31(33-26)34-27(19-6-9-21(10-7-19)32(3,4)5)25(29(36)30(34)37)28(35)20-8-11-22-23(16-20)39-13-12-38-22/h6-11,14-16,27,35H,12-13H2,1-5H3/b28-25+/t27-/m1/s1. The molecule has 2 aliphatic rings. The smallest absolute Gasteiger partial charge is 0.301 e. The number of carbonyl (C=O) groups excluding carboxylic acids is 2. The number of carbonyl (C=O) groups is 2. The molecule has 6 rings (SSSR count). The van der Waals surface area contributed by atoms with Crippen molar-refractivity contribution in [1.29, 1.82) is 0 Å². The lowest BCUT2D eigenvalue weighted by Gasteiger charge is -2.25. The van der Waals surface area contributed by atoms with Crippen molar-refractivity contribution in [1.82, 2.24) is 4.98 Å². The zero-order valence-electron chi connectivity index (χ0n) is 23.1. The molecule has 7 nitrogen and oxygen atoms in total. The van der Waals surface area contributed by atoms with Crippen molar-refractivity contribution >= 4 is 44.1 Å². The summed E-state index contributed by atoms with van der Waals surface area (Å²) in [6.45, 7) is 11.2. The maximum atomic E-state index is 13.7. The molecule has 1 fully saturated rings. The van der Waals surface area contributed by atoms with Gasteiger partial charge in [-0.1, -0.05) is 62.4 Å². The van der Waals surface area contributed by atoms with Crippen LogP contribution in [-0.4, -0.2) is 35.0 Å². The van der Waals surface area contributed by atoms with E-state index in [-0.39, 0.29) is 16.7 Å². The van der Waals surface area contributed by atoms with Gasteiger partial charge in [-0.25, -0.2) is 4.98 Å². The van der Waals surface area contributed by atoms with Crippen LogP contribution in [0, 0.1) is 13.8 Å². The predicted octanol–water partition coefficient (Wildman–Crippen LogP) is 6.61. The molecule has 1 N–H and O–H groups in total. The molecule has 3 heterocycles. The monoisotopic (exact) mass is 554 g/mol. The van der Waals surface area contributed by atoms with Crippen LogP contribution in [0.15, 0.2) is 60.2 Å². The SMILES string of the molecule is Cc1cc(C)c2nc(N3C(=O)C(=O)/C(=C(/O)c4ccc5c(c4)OCCO5)[C@H]3c3ccc(C(C)(C)C)cc3)sc2c1. The van der Waals surface area contributed by atoms with E-state index < -0.39 is 17.7 Å². The van der Waals surface area contributed by atoms with Crippen LogP contribution in [0.3, 0.4) is 0 Å². The van der Waals surface area contributed by atoms with Crippen molar-refractivity contribution in [2.75, 3.05) is 18.1 Å². The van der Waals surface area contributed by atoms with Gasteiger partial charge in [-0.3, -0.25) is 14.5 Å². The molecule has 1 aromatic heterocycles. The Bertz CT molecular complexity index is 1710. The Labute approximate surface area is 236 Å². The van der Waals surface area contributed by atoms with Crippen LogP contribution in [-0.2, 0) is 15.0 Å². The number of amides is 1.